The molecule has 0 atom stereocenters. The first kappa shape index (κ1) is 33.9. The second-order valence-electron chi connectivity index (χ2n) is 12.2. The Bertz CT molecular complexity index is 2490. The Labute approximate surface area is 301 Å². The molecule has 0 bridgehead atoms. The topological polar surface area (TPSA) is 165 Å². The number of hydrogen-bond donors (Lipinski definition) is 2. The number of benzene rings is 2. The molecule has 2 N–H and O–H groups in total. The number of imidazole rings is 1. The number of carbonyl (C=O) groups excluding carboxylic acids is 2. The Morgan fingerprint density at radius 1 is 1.02 bits per heavy atom. The lowest BCUT2D eigenvalue weighted by Crippen LogP contribution is -2.51. The highest BCUT2D eigenvalue weighted by molar-refractivity contribution is 6.33. The first-order valence-corrected chi connectivity index (χ1v) is 16.8. The molecule has 53 heavy (non-hydrogen) atoms. The Balaban J connectivity index is 1.15. The summed E-state index contributed by atoms with van der Waals surface area (Å²) in [4.78, 5) is 61.1. The molecule has 0 unspecified atom stereocenters. The van der Waals surface area contributed by atoms with Gasteiger partial charge < -0.3 is 34.1 Å². The number of hydrogen-bond acceptors (Lipinski definition) is 10. The SMILES string of the molecule is CCc1c(N2CCN(C(=O)c3nccc4[nH]cnc34)CC2)c(=O)n2nc(-c3ccc4c(c3)OCO4)nc2n1CC(=O)Nc1ccc(C(F)(F)F)cc1Cl. The Hall–Kier alpha value is -6.17. The van der Waals surface area contributed by atoms with Crippen molar-refractivity contribution in [2.24, 2.45) is 0 Å². The van der Waals surface area contributed by atoms with Gasteiger partial charge in [0.15, 0.2) is 23.0 Å². The summed E-state index contributed by atoms with van der Waals surface area (Å²) in [6, 6.07) is 9.45. The van der Waals surface area contributed by atoms with Crippen LogP contribution >= 0.6 is 11.6 Å². The monoisotopic (exact) mass is 748 g/mol. The van der Waals surface area contributed by atoms with Crippen molar-refractivity contribution in [2.75, 3.05) is 43.2 Å². The third-order valence-corrected chi connectivity index (χ3v) is 9.40. The number of H-pyrrole nitrogens is 1. The third kappa shape index (κ3) is 6.13. The first-order chi connectivity index (χ1) is 25.5. The molecule has 272 valence electrons. The zero-order valence-corrected chi connectivity index (χ0v) is 28.5. The van der Waals surface area contributed by atoms with E-state index in [0.717, 1.165) is 22.7 Å². The summed E-state index contributed by atoms with van der Waals surface area (Å²) < 4.78 is 53.3. The molecule has 2 aliphatic heterocycles. The quantitative estimate of drug-likeness (QED) is 0.239. The number of carbonyl (C=O) groups is 2. The average molecular weight is 749 g/mol. The van der Waals surface area contributed by atoms with Gasteiger partial charge in [0.2, 0.25) is 18.5 Å². The predicted octanol–water partition coefficient (Wildman–Crippen LogP) is 4.39. The fourth-order valence-corrected chi connectivity index (χ4v) is 6.75. The number of piperazine rings is 1. The van der Waals surface area contributed by atoms with Gasteiger partial charge in [0, 0.05) is 37.9 Å². The number of amides is 2. The molecule has 4 aromatic heterocycles. The molecule has 1 saturated heterocycles. The molecule has 15 nitrogen and oxygen atoms in total. The highest BCUT2D eigenvalue weighted by Gasteiger charge is 2.32. The molecule has 6 heterocycles. The van der Waals surface area contributed by atoms with Gasteiger partial charge in [0.1, 0.15) is 17.7 Å². The van der Waals surface area contributed by atoms with Gasteiger partial charge in [-0.2, -0.15) is 22.7 Å². The van der Waals surface area contributed by atoms with E-state index in [1.54, 1.807) is 33.7 Å². The van der Waals surface area contributed by atoms with Crippen molar-refractivity contribution in [1.29, 1.82) is 0 Å². The van der Waals surface area contributed by atoms with Gasteiger partial charge in [0.25, 0.3) is 11.5 Å². The summed E-state index contributed by atoms with van der Waals surface area (Å²) >= 11 is 6.14. The number of rotatable bonds is 7. The maximum absolute atomic E-state index is 14.3. The number of halogens is 4. The van der Waals surface area contributed by atoms with Crippen LogP contribution in [0.2, 0.25) is 5.02 Å². The fourth-order valence-electron chi connectivity index (χ4n) is 6.52. The maximum atomic E-state index is 14.3. The zero-order valence-electron chi connectivity index (χ0n) is 27.8. The average Bonchev–Trinajstić information content (AvgIpc) is 3.93. The fraction of sp³-hybridized carbons (Fsp3) is 0.265. The summed E-state index contributed by atoms with van der Waals surface area (Å²) in [7, 11) is 0. The number of fused-ring (bicyclic) bond motifs is 3. The summed E-state index contributed by atoms with van der Waals surface area (Å²) in [5.41, 5.74) is 1.14. The van der Waals surface area contributed by atoms with E-state index in [2.05, 4.69) is 30.4 Å². The van der Waals surface area contributed by atoms with E-state index < -0.39 is 29.8 Å². The standard InChI is InChI=1S/C34H28ClF3N10O5/c1-2-23-29(45-9-11-46(12-10-45)31(50)28-27-22(7-8-39-28)40-16-41-27)32(51)48-33(43-30(44-48)18-3-6-24-25(13-18)53-17-52-24)47(23)15-26(49)42-21-5-4-19(14-20(21)35)34(36,37)38/h3-8,13-14,16H,2,9-12,15,17H2,1H3,(H,40,41)(H,42,49). The van der Waals surface area contributed by atoms with E-state index in [4.69, 9.17) is 21.1 Å². The molecular weight excluding hydrogens is 721 g/mol. The van der Waals surface area contributed by atoms with Crippen molar-refractivity contribution < 1.29 is 32.2 Å². The van der Waals surface area contributed by atoms with E-state index in [1.165, 1.54) is 12.5 Å². The molecule has 0 aliphatic carbocycles. The van der Waals surface area contributed by atoms with Gasteiger partial charge >= 0.3 is 6.18 Å². The van der Waals surface area contributed by atoms with E-state index in [1.807, 2.05) is 11.8 Å². The lowest BCUT2D eigenvalue weighted by molar-refractivity contribution is -0.137. The summed E-state index contributed by atoms with van der Waals surface area (Å²) in [6.07, 6.45) is -1.31. The molecule has 2 amide bonds. The molecule has 2 aliphatic rings. The van der Waals surface area contributed by atoms with Crippen LogP contribution in [0.25, 0.3) is 28.2 Å². The van der Waals surface area contributed by atoms with E-state index in [-0.39, 0.29) is 79.0 Å². The zero-order chi connectivity index (χ0) is 37.0. The van der Waals surface area contributed by atoms with Gasteiger partial charge in [0.05, 0.1) is 33.8 Å². The number of nitrogens with one attached hydrogen (secondary N) is 2. The van der Waals surface area contributed by atoms with Crippen molar-refractivity contribution in [1.82, 2.24) is 39.0 Å². The summed E-state index contributed by atoms with van der Waals surface area (Å²) in [5, 5.41) is 6.84. The molecule has 6 aromatic rings. The van der Waals surface area contributed by atoms with E-state index >= 15 is 0 Å². The van der Waals surface area contributed by atoms with Gasteiger partial charge in [-0.1, -0.05) is 18.5 Å². The molecular formula is C34H28ClF3N10O5. The first-order valence-electron chi connectivity index (χ1n) is 16.4. The van der Waals surface area contributed by atoms with Crippen molar-refractivity contribution >= 4 is 51.6 Å². The van der Waals surface area contributed by atoms with Crippen LogP contribution in [-0.4, -0.2) is 83.8 Å². The number of nitrogens with zero attached hydrogens (tertiary/aromatic N) is 8. The van der Waals surface area contributed by atoms with Crippen LogP contribution in [0.3, 0.4) is 0 Å². The summed E-state index contributed by atoms with van der Waals surface area (Å²) in [5.74, 6) is 0.320. The van der Waals surface area contributed by atoms with Crippen LogP contribution in [0.5, 0.6) is 11.5 Å². The lowest BCUT2D eigenvalue weighted by Gasteiger charge is -2.36. The maximum Gasteiger partial charge on any atom is 0.416 e. The number of ether oxygens (including phenoxy) is 2. The lowest BCUT2D eigenvalue weighted by atomic mass is 10.2. The van der Waals surface area contributed by atoms with Crippen LogP contribution < -0.4 is 25.2 Å². The second-order valence-corrected chi connectivity index (χ2v) is 12.6. The van der Waals surface area contributed by atoms with Crippen molar-refractivity contribution in [2.45, 2.75) is 26.1 Å². The molecule has 0 spiro atoms. The van der Waals surface area contributed by atoms with Crippen LogP contribution in [0.1, 0.15) is 28.7 Å². The molecule has 8 rings (SSSR count). The second kappa shape index (κ2) is 13.1. The van der Waals surface area contributed by atoms with Gasteiger partial charge in [-0.05, 0) is 48.9 Å². The normalized spacial score (nSPS) is 14.4. The number of alkyl halides is 3. The highest BCUT2D eigenvalue weighted by atomic mass is 35.5. The minimum atomic E-state index is -4.62. The number of pyridine rings is 1. The van der Waals surface area contributed by atoms with Crippen molar-refractivity contribution in [3.05, 3.63) is 87.3 Å². The van der Waals surface area contributed by atoms with Gasteiger partial charge in [-0.15, -0.1) is 5.10 Å². The van der Waals surface area contributed by atoms with Crippen molar-refractivity contribution in [3.8, 4) is 22.9 Å². The summed E-state index contributed by atoms with van der Waals surface area (Å²) in [6.45, 7) is 2.54. The Kier molecular flexibility index (Phi) is 8.39. The molecule has 0 saturated carbocycles. The number of aromatic amines is 1. The van der Waals surface area contributed by atoms with Crippen LogP contribution in [0.15, 0.2) is 59.8 Å². The van der Waals surface area contributed by atoms with Gasteiger partial charge in [-0.25, -0.2) is 9.97 Å². The van der Waals surface area contributed by atoms with E-state index in [0.29, 0.717) is 33.8 Å². The minimum absolute atomic E-state index is 0.0247. The smallest absolute Gasteiger partial charge is 0.416 e. The third-order valence-electron chi connectivity index (χ3n) is 9.09. The van der Waals surface area contributed by atoms with E-state index in [9.17, 15) is 27.6 Å². The van der Waals surface area contributed by atoms with Crippen LogP contribution in [0.4, 0.5) is 24.5 Å². The van der Waals surface area contributed by atoms with Gasteiger partial charge in [-0.3, -0.25) is 14.4 Å². The minimum Gasteiger partial charge on any atom is -0.454 e. The highest BCUT2D eigenvalue weighted by Crippen LogP contribution is 2.36. The van der Waals surface area contributed by atoms with Crippen LogP contribution in [-0.2, 0) is 23.9 Å². The number of aromatic nitrogens is 7. The van der Waals surface area contributed by atoms with Crippen LogP contribution in [0, 0.1) is 0 Å². The largest absolute Gasteiger partial charge is 0.454 e. The Morgan fingerprint density at radius 2 is 1.81 bits per heavy atom. The molecule has 19 heteroatoms. The number of anilines is 2. The molecule has 2 aromatic carbocycles. The predicted molar refractivity (Wildman–Crippen MR) is 185 cm³/mol. The molecule has 1 fully saturated rings. The van der Waals surface area contributed by atoms with Crippen molar-refractivity contribution in [3.63, 3.8) is 0 Å². The Morgan fingerprint density at radius 3 is 2.57 bits per heavy atom. The molecule has 0 radical (unpaired) electrons.